The second kappa shape index (κ2) is 6.76. The Morgan fingerprint density at radius 3 is 2.32 bits per heavy atom. The van der Waals surface area contributed by atoms with Crippen LogP contribution in [0.4, 0.5) is 4.39 Å². The Kier molecular flexibility index (Phi) is 4.78. The van der Waals surface area contributed by atoms with Gasteiger partial charge in [-0.2, -0.15) is 0 Å². The zero-order valence-electron chi connectivity index (χ0n) is 11.7. The van der Waals surface area contributed by atoms with E-state index in [2.05, 4.69) is 0 Å². The first-order chi connectivity index (χ1) is 10.5. The maximum absolute atomic E-state index is 12.8. The summed E-state index contributed by atoms with van der Waals surface area (Å²) in [5, 5.41) is 27.9. The fourth-order valence-electron chi connectivity index (χ4n) is 2.00. The first-order valence-corrected chi connectivity index (χ1v) is 6.66. The number of carbonyl (C=O) groups is 1. The van der Waals surface area contributed by atoms with Crippen molar-refractivity contribution in [1.29, 1.82) is 0 Å². The fourth-order valence-corrected chi connectivity index (χ4v) is 2.00. The fraction of sp³-hybridized carbons (Fsp3) is 0.118. The van der Waals surface area contributed by atoms with Crippen molar-refractivity contribution in [3.63, 3.8) is 0 Å². The highest BCUT2D eigenvalue weighted by Crippen LogP contribution is 2.26. The van der Waals surface area contributed by atoms with Gasteiger partial charge in [-0.15, -0.1) is 0 Å². The van der Waals surface area contributed by atoms with Crippen LogP contribution in [-0.2, 0) is 11.2 Å². The molecule has 0 saturated carbocycles. The highest BCUT2D eigenvalue weighted by molar-refractivity contribution is 5.92. The first kappa shape index (κ1) is 15.6. The molecule has 4 nitrogen and oxygen atoms in total. The maximum atomic E-state index is 12.8. The van der Waals surface area contributed by atoms with Gasteiger partial charge in [0.25, 0.3) is 0 Å². The number of aromatic hydroxyl groups is 2. The lowest BCUT2D eigenvalue weighted by atomic mass is 10.0. The third-order valence-corrected chi connectivity index (χ3v) is 3.21. The van der Waals surface area contributed by atoms with Crippen molar-refractivity contribution in [3.8, 4) is 11.5 Å². The van der Waals surface area contributed by atoms with Crippen LogP contribution in [-0.4, -0.2) is 21.3 Å². The summed E-state index contributed by atoms with van der Waals surface area (Å²) in [6, 6.07) is 9.98. The molecule has 0 aliphatic rings. The number of aliphatic carboxylic acids is 1. The predicted octanol–water partition coefficient (Wildman–Crippen LogP) is 3.34. The van der Waals surface area contributed by atoms with E-state index >= 15 is 0 Å². The van der Waals surface area contributed by atoms with Crippen LogP contribution in [0.1, 0.15) is 17.5 Å². The van der Waals surface area contributed by atoms with E-state index in [-0.39, 0.29) is 29.3 Å². The average Bonchev–Trinajstić information content (AvgIpc) is 2.48. The van der Waals surface area contributed by atoms with E-state index < -0.39 is 5.97 Å². The van der Waals surface area contributed by atoms with Gasteiger partial charge in [0, 0.05) is 5.57 Å². The topological polar surface area (TPSA) is 77.8 Å². The van der Waals surface area contributed by atoms with Crippen molar-refractivity contribution in [2.45, 2.75) is 12.8 Å². The molecule has 0 amide bonds. The minimum atomic E-state index is -1.06. The molecule has 2 rings (SSSR count). The zero-order valence-corrected chi connectivity index (χ0v) is 11.7. The van der Waals surface area contributed by atoms with Crippen LogP contribution in [0.5, 0.6) is 11.5 Å². The van der Waals surface area contributed by atoms with Gasteiger partial charge in [-0.3, -0.25) is 0 Å². The van der Waals surface area contributed by atoms with Gasteiger partial charge in [0.15, 0.2) is 11.5 Å². The van der Waals surface area contributed by atoms with E-state index in [4.69, 9.17) is 0 Å². The highest BCUT2D eigenvalue weighted by Gasteiger charge is 2.09. The minimum absolute atomic E-state index is 0.161. The van der Waals surface area contributed by atoms with Crippen molar-refractivity contribution in [3.05, 3.63) is 65.0 Å². The van der Waals surface area contributed by atoms with Crippen molar-refractivity contribution in [2.24, 2.45) is 0 Å². The summed E-state index contributed by atoms with van der Waals surface area (Å²) in [6.07, 6.45) is 2.16. The molecule has 2 aromatic rings. The maximum Gasteiger partial charge on any atom is 0.331 e. The number of carboxylic acid groups (broad SMARTS) is 1. The van der Waals surface area contributed by atoms with Crippen LogP contribution in [0.15, 0.2) is 48.0 Å². The van der Waals surface area contributed by atoms with Gasteiger partial charge < -0.3 is 15.3 Å². The quantitative estimate of drug-likeness (QED) is 0.585. The summed E-state index contributed by atoms with van der Waals surface area (Å²) in [4.78, 5) is 11.3. The Morgan fingerprint density at radius 1 is 1.05 bits per heavy atom. The van der Waals surface area contributed by atoms with E-state index in [0.29, 0.717) is 12.0 Å². The molecule has 0 bridgehead atoms. The second-order valence-electron chi connectivity index (χ2n) is 4.85. The summed E-state index contributed by atoms with van der Waals surface area (Å²) in [5.74, 6) is -1.97. The normalized spacial score (nSPS) is 11.4. The largest absolute Gasteiger partial charge is 0.504 e. The van der Waals surface area contributed by atoms with E-state index in [1.807, 2.05) is 0 Å². The summed E-state index contributed by atoms with van der Waals surface area (Å²) in [5.41, 5.74) is 1.48. The third kappa shape index (κ3) is 4.09. The van der Waals surface area contributed by atoms with E-state index in [1.54, 1.807) is 12.1 Å². The molecule has 0 unspecified atom stereocenters. The Balaban J connectivity index is 2.15. The van der Waals surface area contributed by atoms with E-state index in [1.165, 1.54) is 36.4 Å². The number of phenolic OH excluding ortho intramolecular Hbond substituents is 2. The lowest BCUT2D eigenvalue weighted by molar-refractivity contribution is -0.132. The Labute approximate surface area is 126 Å². The molecule has 3 N–H and O–H groups in total. The van der Waals surface area contributed by atoms with Crippen LogP contribution < -0.4 is 0 Å². The highest BCUT2D eigenvalue weighted by atomic mass is 19.1. The van der Waals surface area contributed by atoms with Gasteiger partial charge in [0.05, 0.1) is 0 Å². The number of carboxylic acids is 1. The molecule has 0 aliphatic carbocycles. The SMILES string of the molecule is O=C(O)/C(=C/c1ccc(O)c(O)c1)CCc1ccc(F)cc1. The van der Waals surface area contributed by atoms with Gasteiger partial charge in [-0.25, -0.2) is 9.18 Å². The lowest BCUT2D eigenvalue weighted by Crippen LogP contribution is -2.02. The number of phenols is 2. The van der Waals surface area contributed by atoms with Gasteiger partial charge in [-0.1, -0.05) is 18.2 Å². The van der Waals surface area contributed by atoms with Crippen molar-refractivity contribution in [1.82, 2.24) is 0 Å². The van der Waals surface area contributed by atoms with Crippen LogP contribution in [0.3, 0.4) is 0 Å². The average molecular weight is 302 g/mol. The molecule has 0 spiro atoms. The van der Waals surface area contributed by atoms with Crippen LogP contribution in [0, 0.1) is 5.82 Å². The van der Waals surface area contributed by atoms with Gasteiger partial charge in [-0.05, 0) is 54.3 Å². The Morgan fingerprint density at radius 2 is 1.73 bits per heavy atom. The molecule has 0 radical (unpaired) electrons. The smallest absolute Gasteiger partial charge is 0.331 e. The standard InChI is InChI=1S/C17H15FO4/c18-14-6-2-11(3-7-14)1-5-13(17(21)22)9-12-4-8-15(19)16(20)10-12/h2-4,6-10,19-20H,1,5H2,(H,21,22)/b13-9+. The third-order valence-electron chi connectivity index (χ3n) is 3.21. The molecule has 0 fully saturated rings. The molecule has 2 aromatic carbocycles. The lowest BCUT2D eigenvalue weighted by Gasteiger charge is -2.05. The predicted molar refractivity (Wildman–Crippen MR) is 80.1 cm³/mol. The summed E-state index contributed by atoms with van der Waals surface area (Å²) in [6.45, 7) is 0. The molecule has 0 heterocycles. The minimum Gasteiger partial charge on any atom is -0.504 e. The molecule has 22 heavy (non-hydrogen) atoms. The monoisotopic (exact) mass is 302 g/mol. The number of halogens is 1. The summed E-state index contributed by atoms with van der Waals surface area (Å²) < 4.78 is 12.8. The van der Waals surface area contributed by atoms with Crippen LogP contribution in [0.25, 0.3) is 6.08 Å². The van der Waals surface area contributed by atoms with Crippen molar-refractivity contribution < 1.29 is 24.5 Å². The molecule has 0 aromatic heterocycles. The van der Waals surface area contributed by atoms with E-state index in [9.17, 15) is 24.5 Å². The van der Waals surface area contributed by atoms with Gasteiger partial charge >= 0.3 is 5.97 Å². The van der Waals surface area contributed by atoms with E-state index in [0.717, 1.165) is 5.56 Å². The first-order valence-electron chi connectivity index (χ1n) is 6.66. The number of benzene rings is 2. The molecule has 0 aliphatic heterocycles. The zero-order chi connectivity index (χ0) is 16.1. The Bertz CT molecular complexity index is 705. The van der Waals surface area contributed by atoms with Gasteiger partial charge in [0.2, 0.25) is 0 Å². The molecule has 114 valence electrons. The number of rotatable bonds is 5. The molecule has 0 saturated heterocycles. The van der Waals surface area contributed by atoms with Crippen LogP contribution in [0.2, 0.25) is 0 Å². The van der Waals surface area contributed by atoms with Crippen molar-refractivity contribution >= 4 is 12.0 Å². The van der Waals surface area contributed by atoms with Crippen molar-refractivity contribution in [2.75, 3.05) is 0 Å². The molecular formula is C17H15FO4. The Hall–Kier alpha value is -2.82. The number of hydrogen-bond donors (Lipinski definition) is 3. The molecule has 5 heteroatoms. The summed E-state index contributed by atoms with van der Waals surface area (Å²) in [7, 11) is 0. The summed E-state index contributed by atoms with van der Waals surface area (Å²) >= 11 is 0. The number of aryl methyl sites for hydroxylation is 1. The van der Waals surface area contributed by atoms with Gasteiger partial charge in [0.1, 0.15) is 5.82 Å². The molecule has 0 atom stereocenters. The second-order valence-corrected chi connectivity index (χ2v) is 4.85. The molecular weight excluding hydrogens is 287 g/mol. The number of hydrogen-bond acceptors (Lipinski definition) is 3. The van der Waals surface area contributed by atoms with Crippen LogP contribution >= 0.6 is 0 Å².